The van der Waals surface area contributed by atoms with Crippen molar-refractivity contribution >= 4 is 41.7 Å². The summed E-state index contributed by atoms with van der Waals surface area (Å²) in [6.45, 7) is 0. The lowest BCUT2D eigenvalue weighted by Gasteiger charge is -2.26. The van der Waals surface area contributed by atoms with Gasteiger partial charge < -0.3 is 9.05 Å². The van der Waals surface area contributed by atoms with E-state index in [1.807, 2.05) is 0 Å². The van der Waals surface area contributed by atoms with Gasteiger partial charge in [0.1, 0.15) is 11.5 Å². The molecule has 4 aromatic carbocycles. The van der Waals surface area contributed by atoms with Gasteiger partial charge in [-0.3, -0.25) is 0 Å². The fourth-order valence-electron chi connectivity index (χ4n) is 3.79. The van der Waals surface area contributed by atoms with Gasteiger partial charge in [0.05, 0.1) is 9.79 Å². The van der Waals surface area contributed by atoms with Crippen molar-refractivity contribution in [3.63, 3.8) is 0 Å². The molecule has 4 aromatic rings. The maximum absolute atomic E-state index is 6.51. The van der Waals surface area contributed by atoms with Crippen LogP contribution in [0.3, 0.4) is 0 Å². The Hall–Kier alpha value is -2.74. The zero-order chi connectivity index (χ0) is 19.2. The number of fused-ring (bicyclic) bond motifs is 6. The van der Waals surface area contributed by atoms with Crippen molar-refractivity contribution < 1.29 is 9.05 Å². The Morgan fingerprint density at radius 2 is 1.28 bits per heavy atom. The molecule has 1 heterocycles. The van der Waals surface area contributed by atoms with Gasteiger partial charge in [-0.25, -0.2) is 0 Å². The molecule has 0 N–H and O–H groups in total. The van der Waals surface area contributed by atoms with Crippen LogP contribution >= 0.6 is 20.1 Å². The van der Waals surface area contributed by atoms with Gasteiger partial charge in [0.2, 0.25) is 0 Å². The van der Waals surface area contributed by atoms with Gasteiger partial charge >= 0.3 is 8.38 Å². The lowest BCUT2D eigenvalue weighted by molar-refractivity contribution is 0.483. The third-order valence-electron chi connectivity index (χ3n) is 5.24. The van der Waals surface area contributed by atoms with Crippen LogP contribution in [0.4, 0.5) is 0 Å². The smallest absolute Gasteiger partial charge is 0.322 e. The van der Waals surface area contributed by atoms with E-state index in [0.717, 1.165) is 27.7 Å². The highest BCUT2D eigenvalue weighted by Crippen LogP contribution is 2.58. The van der Waals surface area contributed by atoms with Crippen molar-refractivity contribution in [3.8, 4) is 11.5 Å². The summed E-state index contributed by atoms with van der Waals surface area (Å²) in [7, 11) is -1.22. The fourth-order valence-corrected chi connectivity index (χ4v) is 6.52. The molecule has 0 atom stereocenters. The predicted octanol–water partition coefficient (Wildman–Crippen LogP) is 8.07. The SMILES string of the molecule is C1=CCC(P2Oc3ccc4ccccc4c3Sc3c(ccc4ccccc34)O2)=C1. The number of hydrogen-bond donors (Lipinski definition) is 0. The summed E-state index contributed by atoms with van der Waals surface area (Å²) in [4.78, 5) is 2.31. The van der Waals surface area contributed by atoms with E-state index in [0.29, 0.717) is 0 Å². The van der Waals surface area contributed by atoms with E-state index in [-0.39, 0.29) is 0 Å². The van der Waals surface area contributed by atoms with Gasteiger partial charge in [0.25, 0.3) is 0 Å². The zero-order valence-corrected chi connectivity index (χ0v) is 17.3. The molecule has 0 saturated heterocycles. The Morgan fingerprint density at radius 1 is 0.690 bits per heavy atom. The fraction of sp³-hybridized carbons (Fsp3) is 0.0400. The Balaban J connectivity index is 1.62. The van der Waals surface area contributed by atoms with E-state index in [2.05, 4.69) is 91.0 Å². The summed E-state index contributed by atoms with van der Waals surface area (Å²) in [5.41, 5.74) is 0. The Morgan fingerprint density at radius 3 is 1.83 bits per heavy atom. The average Bonchev–Trinajstić information content (AvgIpc) is 3.28. The van der Waals surface area contributed by atoms with Crippen LogP contribution in [0.1, 0.15) is 6.42 Å². The maximum atomic E-state index is 6.51. The number of benzene rings is 4. The third kappa shape index (κ3) is 2.93. The standard InChI is InChI=1S/C25H17O2PS/c1-5-11-20-17(7-1)13-15-22-24(20)29-25-21-12-6-2-8-18(21)14-16-23(25)27-28(26-22)19-9-3-4-10-19/h1-9,11-16H,10H2. The third-order valence-corrected chi connectivity index (χ3v) is 8.02. The number of rotatable bonds is 1. The molecule has 0 saturated carbocycles. The second-order valence-corrected chi connectivity index (χ2v) is 9.53. The van der Waals surface area contributed by atoms with E-state index in [1.54, 1.807) is 11.8 Å². The monoisotopic (exact) mass is 412 g/mol. The maximum Gasteiger partial charge on any atom is 0.322 e. The number of hydrogen-bond acceptors (Lipinski definition) is 3. The van der Waals surface area contributed by atoms with Crippen LogP contribution in [0.15, 0.2) is 106 Å². The highest BCUT2D eigenvalue weighted by atomic mass is 32.2. The Labute approximate surface area is 174 Å². The van der Waals surface area contributed by atoms with Crippen molar-refractivity contribution in [2.75, 3.05) is 0 Å². The summed E-state index contributed by atoms with van der Waals surface area (Å²) < 4.78 is 13.0. The molecule has 0 radical (unpaired) electrons. The van der Waals surface area contributed by atoms with E-state index >= 15 is 0 Å². The molecular formula is C25H17O2PS. The second-order valence-electron chi connectivity index (χ2n) is 7.06. The van der Waals surface area contributed by atoms with Gasteiger partial charge in [-0.05, 0) is 40.1 Å². The molecule has 4 heteroatoms. The molecule has 2 nitrogen and oxygen atoms in total. The van der Waals surface area contributed by atoms with Crippen molar-refractivity contribution in [1.82, 2.24) is 0 Å². The molecule has 0 amide bonds. The molecule has 0 spiro atoms. The van der Waals surface area contributed by atoms with Crippen molar-refractivity contribution in [2.45, 2.75) is 16.2 Å². The minimum atomic E-state index is -1.22. The largest absolute Gasteiger partial charge is 0.434 e. The van der Waals surface area contributed by atoms with Crippen LogP contribution in [0.2, 0.25) is 0 Å². The zero-order valence-electron chi connectivity index (χ0n) is 15.5. The topological polar surface area (TPSA) is 18.5 Å². The molecule has 0 fully saturated rings. The molecule has 140 valence electrons. The van der Waals surface area contributed by atoms with Crippen molar-refractivity contribution in [3.05, 3.63) is 96.3 Å². The first-order chi connectivity index (χ1) is 14.4. The Kier molecular flexibility index (Phi) is 4.11. The van der Waals surface area contributed by atoms with Gasteiger partial charge in [0, 0.05) is 5.31 Å². The molecule has 6 rings (SSSR count). The van der Waals surface area contributed by atoms with Crippen LogP contribution in [0.5, 0.6) is 11.5 Å². The van der Waals surface area contributed by atoms with Crippen molar-refractivity contribution in [1.29, 1.82) is 0 Å². The lowest BCUT2D eigenvalue weighted by Crippen LogP contribution is -2.02. The molecule has 1 aliphatic heterocycles. The molecule has 2 aliphatic rings. The normalized spacial score (nSPS) is 15.8. The van der Waals surface area contributed by atoms with E-state index in [9.17, 15) is 0 Å². The first-order valence-corrected chi connectivity index (χ1v) is 11.6. The minimum Gasteiger partial charge on any atom is -0.434 e. The summed E-state index contributed by atoms with van der Waals surface area (Å²) in [6, 6.07) is 25.4. The molecular weight excluding hydrogens is 395 g/mol. The van der Waals surface area contributed by atoms with E-state index in [4.69, 9.17) is 9.05 Å². The van der Waals surface area contributed by atoms with E-state index in [1.165, 1.54) is 26.9 Å². The molecule has 0 aromatic heterocycles. The average molecular weight is 412 g/mol. The second kappa shape index (κ2) is 6.95. The van der Waals surface area contributed by atoms with Gasteiger partial charge in [0.15, 0.2) is 0 Å². The molecule has 29 heavy (non-hydrogen) atoms. The van der Waals surface area contributed by atoms with Gasteiger partial charge in [-0.2, -0.15) is 0 Å². The summed E-state index contributed by atoms with van der Waals surface area (Å²) >= 11 is 1.75. The van der Waals surface area contributed by atoms with Crippen LogP contribution in [0, 0.1) is 0 Å². The molecule has 1 aliphatic carbocycles. The first-order valence-electron chi connectivity index (χ1n) is 9.60. The van der Waals surface area contributed by atoms with Gasteiger partial charge in [-0.15, -0.1) is 0 Å². The number of allylic oxidation sites excluding steroid dienone is 4. The lowest BCUT2D eigenvalue weighted by atomic mass is 10.1. The first kappa shape index (κ1) is 17.1. The summed E-state index contributed by atoms with van der Waals surface area (Å²) in [6.07, 6.45) is 7.24. The van der Waals surface area contributed by atoms with Crippen LogP contribution in [-0.2, 0) is 0 Å². The van der Waals surface area contributed by atoms with Crippen LogP contribution < -0.4 is 9.05 Å². The Bertz CT molecular complexity index is 1240. The van der Waals surface area contributed by atoms with Crippen molar-refractivity contribution in [2.24, 2.45) is 0 Å². The molecule has 0 unspecified atom stereocenters. The van der Waals surface area contributed by atoms with Gasteiger partial charge in [-0.1, -0.05) is 90.7 Å². The van der Waals surface area contributed by atoms with Crippen LogP contribution in [-0.4, -0.2) is 0 Å². The quantitative estimate of drug-likeness (QED) is 0.295. The van der Waals surface area contributed by atoms with E-state index < -0.39 is 8.38 Å². The van der Waals surface area contributed by atoms with Crippen LogP contribution in [0.25, 0.3) is 21.5 Å². The highest BCUT2D eigenvalue weighted by molar-refractivity contribution is 8.00. The predicted molar refractivity (Wildman–Crippen MR) is 122 cm³/mol. The highest BCUT2D eigenvalue weighted by Gasteiger charge is 2.28. The summed E-state index contributed by atoms with van der Waals surface area (Å²) in [5.74, 6) is 1.79. The summed E-state index contributed by atoms with van der Waals surface area (Å²) in [5, 5.41) is 6.06. The minimum absolute atomic E-state index is 0.880. The molecule has 0 bridgehead atoms.